The zero-order valence-corrected chi connectivity index (χ0v) is 19.4. The Morgan fingerprint density at radius 2 is 1.51 bits per heavy atom. The number of carbonyl (C=O) groups excluding carboxylic acids is 2. The van der Waals surface area contributed by atoms with Gasteiger partial charge in [-0.25, -0.2) is 4.39 Å². The normalized spacial score (nSPS) is 16.9. The maximum Gasteiger partial charge on any atom is 0.295 e. The number of ketones is 1. The summed E-state index contributed by atoms with van der Waals surface area (Å²) in [7, 11) is 4.39. The minimum atomic E-state index is -0.964. The van der Waals surface area contributed by atoms with Gasteiger partial charge in [0.05, 0.1) is 32.9 Å². The van der Waals surface area contributed by atoms with E-state index >= 15 is 0 Å². The van der Waals surface area contributed by atoms with Gasteiger partial charge < -0.3 is 24.2 Å². The SMILES string of the molecule is COc1cc(C2/C(=C(\O)c3ccc(F)cc3)C(=O)C(=O)N2Cc2ccccc2)cc(OC)c1OC. The summed E-state index contributed by atoms with van der Waals surface area (Å²) in [6.07, 6.45) is 0. The van der Waals surface area contributed by atoms with Gasteiger partial charge in [-0.2, -0.15) is 0 Å². The fraction of sp³-hybridized carbons (Fsp3) is 0.185. The van der Waals surface area contributed by atoms with Crippen molar-refractivity contribution in [2.45, 2.75) is 12.6 Å². The summed E-state index contributed by atoms with van der Waals surface area (Å²) in [6, 6.07) is 16.5. The first-order chi connectivity index (χ1) is 16.9. The highest BCUT2D eigenvalue weighted by Crippen LogP contribution is 2.46. The third-order valence-electron chi connectivity index (χ3n) is 5.86. The fourth-order valence-corrected chi connectivity index (χ4v) is 4.19. The Hall–Kier alpha value is -4.33. The van der Waals surface area contributed by atoms with Crippen molar-refractivity contribution in [1.29, 1.82) is 0 Å². The van der Waals surface area contributed by atoms with E-state index in [9.17, 15) is 19.1 Å². The van der Waals surface area contributed by atoms with Crippen LogP contribution in [-0.4, -0.2) is 43.0 Å². The molecule has 3 aromatic carbocycles. The van der Waals surface area contributed by atoms with Crippen LogP contribution in [0, 0.1) is 5.82 Å². The van der Waals surface area contributed by atoms with Crippen molar-refractivity contribution in [3.8, 4) is 17.2 Å². The first kappa shape index (κ1) is 23.8. The average Bonchev–Trinajstić information content (AvgIpc) is 3.13. The topological polar surface area (TPSA) is 85.3 Å². The lowest BCUT2D eigenvalue weighted by Crippen LogP contribution is -2.29. The van der Waals surface area contributed by atoms with E-state index in [2.05, 4.69) is 0 Å². The number of methoxy groups -OCH3 is 3. The molecule has 8 heteroatoms. The second-order valence-electron chi connectivity index (χ2n) is 7.88. The minimum absolute atomic E-state index is 0.118. The average molecular weight is 477 g/mol. The molecule has 1 amide bonds. The molecule has 1 saturated heterocycles. The van der Waals surface area contributed by atoms with E-state index in [0.29, 0.717) is 22.8 Å². The van der Waals surface area contributed by atoms with Crippen LogP contribution in [0.3, 0.4) is 0 Å². The van der Waals surface area contributed by atoms with Gasteiger partial charge in [-0.3, -0.25) is 9.59 Å². The molecule has 1 heterocycles. The molecule has 1 N–H and O–H groups in total. The van der Waals surface area contributed by atoms with Gasteiger partial charge in [-0.15, -0.1) is 0 Å². The number of carbonyl (C=O) groups is 2. The number of halogens is 1. The van der Waals surface area contributed by atoms with Crippen molar-refractivity contribution in [2.24, 2.45) is 0 Å². The van der Waals surface area contributed by atoms with Crippen LogP contribution in [0.15, 0.2) is 72.3 Å². The molecule has 1 fully saturated rings. The van der Waals surface area contributed by atoms with Crippen LogP contribution in [0.1, 0.15) is 22.7 Å². The lowest BCUT2D eigenvalue weighted by molar-refractivity contribution is -0.140. The number of ether oxygens (including phenoxy) is 3. The van der Waals surface area contributed by atoms with Crippen molar-refractivity contribution in [1.82, 2.24) is 4.90 Å². The molecule has 3 aromatic rings. The number of hydrogen-bond donors (Lipinski definition) is 1. The summed E-state index contributed by atoms with van der Waals surface area (Å²) in [4.78, 5) is 27.8. The Kier molecular flexibility index (Phi) is 6.73. The Balaban J connectivity index is 1.94. The minimum Gasteiger partial charge on any atom is -0.507 e. The summed E-state index contributed by atoms with van der Waals surface area (Å²) in [5.41, 5.74) is 1.36. The molecule has 0 saturated carbocycles. The zero-order valence-electron chi connectivity index (χ0n) is 19.4. The molecule has 1 atom stereocenters. The molecule has 1 unspecified atom stereocenters. The molecule has 7 nitrogen and oxygen atoms in total. The quantitative estimate of drug-likeness (QED) is 0.307. The number of likely N-dealkylation sites (tertiary alicyclic amines) is 1. The van der Waals surface area contributed by atoms with Crippen LogP contribution in [0.4, 0.5) is 4.39 Å². The van der Waals surface area contributed by atoms with Gasteiger partial charge in [-0.05, 0) is 47.5 Å². The van der Waals surface area contributed by atoms with Crippen LogP contribution < -0.4 is 14.2 Å². The van der Waals surface area contributed by atoms with Gasteiger partial charge >= 0.3 is 0 Å². The number of Topliss-reactive ketones (excluding diaryl/α,β-unsaturated/α-hetero) is 1. The number of amides is 1. The summed E-state index contributed by atoms with van der Waals surface area (Å²) in [5.74, 6) is -1.51. The first-order valence-electron chi connectivity index (χ1n) is 10.8. The van der Waals surface area contributed by atoms with Gasteiger partial charge in [0, 0.05) is 12.1 Å². The number of aliphatic hydroxyl groups is 1. The van der Waals surface area contributed by atoms with Gasteiger partial charge in [0.15, 0.2) is 11.5 Å². The lowest BCUT2D eigenvalue weighted by Gasteiger charge is -2.26. The number of aliphatic hydroxyl groups excluding tert-OH is 1. The highest BCUT2D eigenvalue weighted by molar-refractivity contribution is 6.46. The second-order valence-corrected chi connectivity index (χ2v) is 7.88. The van der Waals surface area contributed by atoms with Crippen LogP contribution in [0.5, 0.6) is 17.2 Å². The summed E-state index contributed by atoms with van der Waals surface area (Å²) in [6.45, 7) is 0.118. The molecule has 4 rings (SSSR count). The largest absolute Gasteiger partial charge is 0.507 e. The molecule has 0 radical (unpaired) electrons. The van der Waals surface area contributed by atoms with E-state index in [1.807, 2.05) is 30.3 Å². The molecule has 0 bridgehead atoms. The molecular formula is C27H24FNO6. The van der Waals surface area contributed by atoms with E-state index in [0.717, 1.165) is 5.56 Å². The predicted octanol–water partition coefficient (Wildman–Crippen LogP) is 4.47. The van der Waals surface area contributed by atoms with Crippen molar-refractivity contribution in [3.63, 3.8) is 0 Å². The molecule has 1 aliphatic heterocycles. The number of nitrogens with zero attached hydrogens (tertiary/aromatic N) is 1. The van der Waals surface area contributed by atoms with Gasteiger partial charge in [0.2, 0.25) is 5.75 Å². The van der Waals surface area contributed by atoms with Crippen molar-refractivity contribution < 1.29 is 33.3 Å². The Morgan fingerprint density at radius 3 is 2.06 bits per heavy atom. The van der Waals surface area contributed by atoms with Crippen molar-refractivity contribution in [2.75, 3.05) is 21.3 Å². The molecule has 0 aromatic heterocycles. The monoisotopic (exact) mass is 477 g/mol. The number of benzene rings is 3. The third-order valence-corrected chi connectivity index (χ3v) is 5.86. The smallest absolute Gasteiger partial charge is 0.295 e. The zero-order chi connectivity index (χ0) is 25.1. The maximum absolute atomic E-state index is 13.5. The Bertz CT molecular complexity index is 1260. The maximum atomic E-state index is 13.5. The fourth-order valence-electron chi connectivity index (χ4n) is 4.19. The third kappa shape index (κ3) is 4.42. The van der Waals surface area contributed by atoms with E-state index in [-0.39, 0.29) is 17.7 Å². The van der Waals surface area contributed by atoms with Crippen LogP contribution in [0.25, 0.3) is 5.76 Å². The van der Waals surface area contributed by atoms with E-state index in [4.69, 9.17) is 14.2 Å². The van der Waals surface area contributed by atoms with E-state index in [1.54, 1.807) is 12.1 Å². The Morgan fingerprint density at radius 1 is 0.914 bits per heavy atom. The molecule has 180 valence electrons. The summed E-state index contributed by atoms with van der Waals surface area (Å²) in [5, 5.41) is 11.1. The van der Waals surface area contributed by atoms with E-state index in [1.165, 1.54) is 50.5 Å². The van der Waals surface area contributed by atoms with Crippen LogP contribution in [0.2, 0.25) is 0 Å². The number of hydrogen-bond acceptors (Lipinski definition) is 6. The molecule has 0 aliphatic carbocycles. The highest BCUT2D eigenvalue weighted by Gasteiger charge is 2.46. The summed E-state index contributed by atoms with van der Waals surface area (Å²) >= 11 is 0. The molecular weight excluding hydrogens is 453 g/mol. The first-order valence-corrected chi connectivity index (χ1v) is 10.8. The molecule has 0 spiro atoms. The van der Waals surface area contributed by atoms with Crippen molar-refractivity contribution >= 4 is 17.4 Å². The number of rotatable bonds is 7. The standard InChI is InChI=1S/C27H24FNO6/c1-33-20-13-18(14-21(34-2)26(20)35-3)23-22(24(30)17-9-11-19(28)12-10-17)25(31)27(32)29(23)15-16-7-5-4-6-8-16/h4-14,23,30H,15H2,1-3H3/b24-22+. The van der Waals surface area contributed by atoms with Gasteiger partial charge in [0.1, 0.15) is 11.6 Å². The van der Waals surface area contributed by atoms with Gasteiger partial charge in [-0.1, -0.05) is 30.3 Å². The molecule has 1 aliphatic rings. The van der Waals surface area contributed by atoms with Crippen LogP contribution >= 0.6 is 0 Å². The van der Waals surface area contributed by atoms with Crippen molar-refractivity contribution in [3.05, 3.63) is 94.8 Å². The highest BCUT2D eigenvalue weighted by atomic mass is 19.1. The van der Waals surface area contributed by atoms with Gasteiger partial charge in [0.25, 0.3) is 11.7 Å². The summed E-state index contributed by atoms with van der Waals surface area (Å²) < 4.78 is 29.8. The predicted molar refractivity (Wildman–Crippen MR) is 127 cm³/mol. The van der Waals surface area contributed by atoms with E-state index < -0.39 is 29.3 Å². The molecule has 35 heavy (non-hydrogen) atoms. The lowest BCUT2D eigenvalue weighted by atomic mass is 9.94. The Labute approximate surface area is 202 Å². The second kappa shape index (κ2) is 9.89. The van der Waals surface area contributed by atoms with Crippen LogP contribution in [-0.2, 0) is 16.1 Å².